The topological polar surface area (TPSA) is 67.2 Å². The van der Waals surface area contributed by atoms with Crippen LogP contribution in [0.5, 0.6) is 0 Å². The minimum atomic E-state index is 0.127. The van der Waals surface area contributed by atoms with Crippen LogP contribution in [0.4, 0.5) is 5.69 Å². The molecule has 0 atom stereocenters. The Hall–Kier alpha value is -3.39. The van der Waals surface area contributed by atoms with Crippen LogP contribution in [-0.2, 0) is 11.3 Å². The van der Waals surface area contributed by atoms with Crippen molar-refractivity contribution in [3.63, 3.8) is 0 Å². The number of pyridine rings is 1. The van der Waals surface area contributed by atoms with Crippen LogP contribution in [0.2, 0.25) is 0 Å². The molecule has 3 aromatic heterocycles. The van der Waals surface area contributed by atoms with Crippen LogP contribution < -0.4 is 4.90 Å². The van der Waals surface area contributed by atoms with Gasteiger partial charge < -0.3 is 14.4 Å². The third-order valence-electron chi connectivity index (χ3n) is 5.83. The number of amides is 1. The highest BCUT2D eigenvalue weighted by Crippen LogP contribution is 2.31. The zero-order valence-electron chi connectivity index (χ0n) is 17.9. The molecule has 0 aliphatic carbocycles. The second kappa shape index (κ2) is 9.00. The molecule has 0 N–H and O–H groups in total. The first kappa shape index (κ1) is 20.5. The number of para-hydroxylation sites is 1. The fourth-order valence-corrected chi connectivity index (χ4v) is 4.46. The standard InChI is InChI=1S/C24H24N6OS/c1-32-24-26-15-19(16-27-24)20-6-2-3-7-21(20)28-11-13-29(14-12-28)22(31)17-30-10-8-18-5-4-9-25-23(18)30/h2-10,15-16H,11-14,17H2,1H3. The molecule has 0 radical (unpaired) electrons. The van der Waals surface area contributed by atoms with Gasteiger partial charge in [-0.3, -0.25) is 4.79 Å². The Labute approximate surface area is 191 Å². The summed E-state index contributed by atoms with van der Waals surface area (Å²) in [6.45, 7) is 3.29. The molecule has 1 aliphatic heterocycles. The normalized spacial score (nSPS) is 14.2. The summed E-state index contributed by atoms with van der Waals surface area (Å²) >= 11 is 1.53. The number of thioether (sulfide) groups is 1. The molecule has 1 fully saturated rings. The van der Waals surface area contributed by atoms with E-state index < -0.39 is 0 Å². The Bertz CT molecular complexity index is 1230. The number of carbonyl (C=O) groups is 1. The summed E-state index contributed by atoms with van der Waals surface area (Å²) < 4.78 is 1.93. The van der Waals surface area contributed by atoms with Gasteiger partial charge in [0, 0.05) is 73.2 Å². The fraction of sp³-hybridized carbons (Fsp3) is 0.250. The van der Waals surface area contributed by atoms with Crippen LogP contribution in [0.15, 0.2) is 72.4 Å². The van der Waals surface area contributed by atoms with E-state index in [0.29, 0.717) is 19.6 Å². The number of fused-ring (bicyclic) bond motifs is 1. The molecule has 1 aromatic carbocycles. The maximum atomic E-state index is 12.9. The monoisotopic (exact) mass is 444 g/mol. The average Bonchev–Trinajstić information content (AvgIpc) is 3.27. The molecule has 0 unspecified atom stereocenters. The second-order valence-electron chi connectivity index (χ2n) is 7.70. The van der Waals surface area contributed by atoms with E-state index in [4.69, 9.17) is 0 Å². The highest BCUT2D eigenvalue weighted by Gasteiger charge is 2.23. The summed E-state index contributed by atoms with van der Waals surface area (Å²) in [6, 6.07) is 14.3. The lowest BCUT2D eigenvalue weighted by molar-refractivity contribution is -0.132. The summed E-state index contributed by atoms with van der Waals surface area (Å²) in [4.78, 5) is 30.5. The van der Waals surface area contributed by atoms with E-state index in [9.17, 15) is 4.79 Å². The van der Waals surface area contributed by atoms with Gasteiger partial charge in [0.1, 0.15) is 12.2 Å². The first-order valence-electron chi connectivity index (χ1n) is 10.6. The highest BCUT2D eigenvalue weighted by molar-refractivity contribution is 7.98. The molecule has 8 heteroatoms. The number of aromatic nitrogens is 4. The first-order chi connectivity index (χ1) is 15.7. The van der Waals surface area contributed by atoms with Crippen LogP contribution in [-0.4, -0.2) is 62.8 Å². The van der Waals surface area contributed by atoms with Gasteiger partial charge in [0.25, 0.3) is 0 Å². The third kappa shape index (κ3) is 4.05. The van der Waals surface area contributed by atoms with E-state index in [-0.39, 0.29) is 5.91 Å². The smallest absolute Gasteiger partial charge is 0.242 e. The molecule has 4 aromatic rings. The lowest BCUT2D eigenvalue weighted by atomic mass is 10.1. The Morgan fingerprint density at radius 1 is 0.969 bits per heavy atom. The highest BCUT2D eigenvalue weighted by atomic mass is 32.2. The molecule has 5 rings (SSSR count). The average molecular weight is 445 g/mol. The molecule has 7 nitrogen and oxygen atoms in total. The van der Waals surface area contributed by atoms with Crippen molar-refractivity contribution >= 4 is 34.4 Å². The number of hydrogen-bond acceptors (Lipinski definition) is 6. The summed E-state index contributed by atoms with van der Waals surface area (Å²) in [5.41, 5.74) is 4.12. The third-order valence-corrected chi connectivity index (χ3v) is 6.40. The first-order valence-corrected chi connectivity index (χ1v) is 11.8. The van der Waals surface area contributed by atoms with Crippen molar-refractivity contribution in [3.8, 4) is 11.1 Å². The number of benzene rings is 1. The Morgan fingerprint density at radius 3 is 2.53 bits per heavy atom. The quantitative estimate of drug-likeness (QED) is 0.346. The van der Waals surface area contributed by atoms with E-state index in [0.717, 1.165) is 46.1 Å². The number of rotatable bonds is 5. The zero-order valence-corrected chi connectivity index (χ0v) is 18.7. The Balaban J connectivity index is 1.27. The minimum absolute atomic E-state index is 0.127. The van der Waals surface area contributed by atoms with Crippen molar-refractivity contribution < 1.29 is 4.79 Å². The molecule has 1 saturated heterocycles. The lowest BCUT2D eigenvalue weighted by Crippen LogP contribution is -2.49. The molecular formula is C24H24N6OS. The predicted molar refractivity (Wildman–Crippen MR) is 128 cm³/mol. The number of carbonyl (C=O) groups excluding carboxylic acids is 1. The summed E-state index contributed by atoms with van der Waals surface area (Å²) in [5, 5.41) is 1.82. The van der Waals surface area contributed by atoms with E-state index in [1.54, 1.807) is 6.20 Å². The van der Waals surface area contributed by atoms with Gasteiger partial charge in [0.15, 0.2) is 5.16 Å². The summed E-state index contributed by atoms with van der Waals surface area (Å²) in [7, 11) is 0. The van der Waals surface area contributed by atoms with Crippen LogP contribution in [0.1, 0.15) is 0 Å². The van der Waals surface area contributed by atoms with E-state index in [2.05, 4.69) is 38.1 Å². The molecule has 1 amide bonds. The Morgan fingerprint density at radius 2 is 1.75 bits per heavy atom. The maximum absolute atomic E-state index is 12.9. The van der Waals surface area contributed by atoms with Crippen molar-refractivity contribution in [1.29, 1.82) is 0 Å². The predicted octanol–water partition coefficient (Wildman–Crippen LogP) is 3.56. The van der Waals surface area contributed by atoms with Gasteiger partial charge in [-0.1, -0.05) is 30.0 Å². The van der Waals surface area contributed by atoms with Crippen LogP contribution >= 0.6 is 11.8 Å². The van der Waals surface area contributed by atoms with Crippen LogP contribution in [0, 0.1) is 0 Å². The zero-order chi connectivity index (χ0) is 21.9. The van der Waals surface area contributed by atoms with Crippen molar-refractivity contribution in [3.05, 3.63) is 67.3 Å². The summed E-state index contributed by atoms with van der Waals surface area (Å²) in [5.74, 6) is 0.127. The largest absolute Gasteiger partial charge is 0.367 e. The molecule has 32 heavy (non-hydrogen) atoms. The summed E-state index contributed by atoms with van der Waals surface area (Å²) in [6.07, 6.45) is 9.43. The Kier molecular flexibility index (Phi) is 5.77. The van der Waals surface area contributed by atoms with E-state index in [1.807, 2.05) is 58.6 Å². The second-order valence-corrected chi connectivity index (χ2v) is 8.48. The molecule has 4 heterocycles. The molecular weight excluding hydrogens is 420 g/mol. The number of piperazine rings is 1. The molecule has 0 spiro atoms. The van der Waals surface area contributed by atoms with Gasteiger partial charge in [0.05, 0.1) is 0 Å². The van der Waals surface area contributed by atoms with Gasteiger partial charge in [0.2, 0.25) is 5.91 Å². The number of anilines is 1. The van der Waals surface area contributed by atoms with Gasteiger partial charge in [-0.15, -0.1) is 0 Å². The lowest BCUT2D eigenvalue weighted by Gasteiger charge is -2.37. The molecule has 162 valence electrons. The van der Waals surface area contributed by atoms with Crippen LogP contribution in [0.3, 0.4) is 0 Å². The van der Waals surface area contributed by atoms with Gasteiger partial charge in [-0.25, -0.2) is 15.0 Å². The van der Waals surface area contributed by atoms with Gasteiger partial charge in [-0.05, 0) is 30.5 Å². The van der Waals surface area contributed by atoms with Gasteiger partial charge >= 0.3 is 0 Å². The fourth-order valence-electron chi connectivity index (χ4n) is 4.14. The molecule has 0 bridgehead atoms. The van der Waals surface area contributed by atoms with Crippen LogP contribution in [0.25, 0.3) is 22.2 Å². The van der Waals surface area contributed by atoms with E-state index in [1.165, 1.54) is 11.8 Å². The van der Waals surface area contributed by atoms with Gasteiger partial charge in [-0.2, -0.15) is 0 Å². The maximum Gasteiger partial charge on any atom is 0.242 e. The SMILES string of the molecule is CSc1ncc(-c2ccccc2N2CCN(C(=O)Cn3ccc4cccnc43)CC2)cn1. The van der Waals surface area contributed by atoms with Crippen molar-refractivity contribution in [2.24, 2.45) is 0 Å². The minimum Gasteiger partial charge on any atom is -0.367 e. The van der Waals surface area contributed by atoms with Crippen molar-refractivity contribution in [1.82, 2.24) is 24.4 Å². The molecule has 1 aliphatic rings. The number of hydrogen-bond donors (Lipinski definition) is 0. The molecule has 0 saturated carbocycles. The van der Waals surface area contributed by atoms with Crippen molar-refractivity contribution in [2.75, 3.05) is 37.3 Å². The van der Waals surface area contributed by atoms with E-state index >= 15 is 0 Å². The number of nitrogens with zero attached hydrogens (tertiary/aromatic N) is 6. The van der Waals surface area contributed by atoms with Crippen molar-refractivity contribution in [2.45, 2.75) is 11.7 Å².